The van der Waals surface area contributed by atoms with E-state index in [1.165, 1.54) is 13.0 Å². The summed E-state index contributed by atoms with van der Waals surface area (Å²) in [7, 11) is 0. The Labute approximate surface area is 285 Å². The van der Waals surface area contributed by atoms with Crippen molar-refractivity contribution in [1.82, 2.24) is 31.3 Å². The number of benzene rings is 2. The predicted molar refractivity (Wildman–Crippen MR) is 180 cm³/mol. The number of hydrogen-bond donors (Lipinski definition) is 5. The molecule has 0 spiro atoms. The van der Waals surface area contributed by atoms with Gasteiger partial charge in [-0.2, -0.15) is 0 Å². The molecule has 2 heterocycles. The summed E-state index contributed by atoms with van der Waals surface area (Å²) in [6.45, 7) is 7.21. The highest BCUT2D eigenvalue weighted by molar-refractivity contribution is 5.97. The number of nitrogens with one attached hydrogen (secondary N) is 4. The van der Waals surface area contributed by atoms with Gasteiger partial charge in [0, 0.05) is 37.7 Å². The summed E-state index contributed by atoms with van der Waals surface area (Å²) in [6.07, 6.45) is 1.17. The standard InChI is InChI=1S/C35H45N7O7/c1-22(2)18-28-34(46)40-29(19-24-8-5-4-6-9-24)33(45)37-14-16-42(15-7-17-48-26-12-10-25(11-13-26)31(36)43)21-27-20-30(41-49-27)35(47)38-23(3)32(44)39-28/h4-6,8-13,20,22-23,28-29H,7,14-19,21H2,1-3H3,(H2,36,43)(H,37,45)(H,38,47)(H,39,44)(H,40,46)/t23-,28-,29-/m1/s1. The summed E-state index contributed by atoms with van der Waals surface area (Å²) in [5.41, 5.74) is 6.56. The van der Waals surface area contributed by atoms with Crippen LogP contribution in [0.15, 0.2) is 65.2 Å². The lowest BCUT2D eigenvalue weighted by atomic mass is 10.0. The molecular weight excluding hydrogens is 630 g/mol. The lowest BCUT2D eigenvalue weighted by molar-refractivity contribution is -0.132. The van der Waals surface area contributed by atoms with Gasteiger partial charge < -0.3 is 36.3 Å². The molecule has 0 saturated heterocycles. The molecule has 1 aromatic heterocycles. The Bertz CT molecular complexity index is 1580. The number of rotatable bonds is 10. The molecule has 2 bridgehead atoms. The average Bonchev–Trinajstić information content (AvgIpc) is 3.54. The van der Waals surface area contributed by atoms with Crippen LogP contribution in [-0.2, 0) is 27.3 Å². The van der Waals surface area contributed by atoms with Crippen molar-refractivity contribution >= 4 is 29.5 Å². The summed E-state index contributed by atoms with van der Waals surface area (Å²) in [5, 5.41) is 15.1. The van der Waals surface area contributed by atoms with E-state index >= 15 is 0 Å². The molecule has 0 radical (unpaired) electrons. The van der Waals surface area contributed by atoms with Crippen LogP contribution in [-0.4, -0.2) is 84.0 Å². The zero-order chi connectivity index (χ0) is 35.3. The van der Waals surface area contributed by atoms with E-state index in [1.807, 2.05) is 49.1 Å². The molecule has 14 heteroatoms. The first-order valence-corrected chi connectivity index (χ1v) is 16.4. The lowest BCUT2D eigenvalue weighted by Gasteiger charge is -2.26. The van der Waals surface area contributed by atoms with Gasteiger partial charge in [0.05, 0.1) is 13.2 Å². The van der Waals surface area contributed by atoms with Gasteiger partial charge in [-0.15, -0.1) is 0 Å². The van der Waals surface area contributed by atoms with Gasteiger partial charge >= 0.3 is 0 Å². The number of aromatic nitrogens is 1. The van der Waals surface area contributed by atoms with Crippen molar-refractivity contribution in [1.29, 1.82) is 0 Å². The molecule has 3 aromatic rings. The van der Waals surface area contributed by atoms with Gasteiger partial charge in [0.1, 0.15) is 23.9 Å². The topological polar surface area (TPSA) is 198 Å². The summed E-state index contributed by atoms with van der Waals surface area (Å²) in [4.78, 5) is 66.6. The lowest BCUT2D eigenvalue weighted by Crippen LogP contribution is -2.57. The molecule has 262 valence electrons. The highest BCUT2D eigenvalue weighted by atomic mass is 16.5. The third-order valence-electron chi connectivity index (χ3n) is 7.92. The van der Waals surface area contributed by atoms with Crippen LogP contribution in [0.4, 0.5) is 0 Å². The Balaban J connectivity index is 1.51. The highest BCUT2D eigenvalue weighted by Crippen LogP contribution is 2.14. The monoisotopic (exact) mass is 675 g/mol. The van der Waals surface area contributed by atoms with E-state index in [-0.39, 0.29) is 37.0 Å². The number of hydrogen-bond acceptors (Lipinski definition) is 9. The fourth-order valence-electron chi connectivity index (χ4n) is 5.31. The third kappa shape index (κ3) is 11.5. The molecule has 6 N–H and O–H groups in total. The Morgan fingerprint density at radius 2 is 1.69 bits per heavy atom. The first-order chi connectivity index (χ1) is 23.5. The van der Waals surface area contributed by atoms with Gasteiger partial charge in [0.2, 0.25) is 23.6 Å². The molecule has 3 atom stereocenters. The van der Waals surface area contributed by atoms with Crippen molar-refractivity contribution in [3.8, 4) is 5.75 Å². The Morgan fingerprint density at radius 1 is 0.980 bits per heavy atom. The van der Waals surface area contributed by atoms with Crippen LogP contribution in [0.5, 0.6) is 5.75 Å². The second-order valence-electron chi connectivity index (χ2n) is 12.5. The second-order valence-corrected chi connectivity index (χ2v) is 12.5. The molecule has 0 aliphatic carbocycles. The molecule has 2 aromatic carbocycles. The molecule has 14 nitrogen and oxygen atoms in total. The van der Waals surface area contributed by atoms with E-state index in [0.29, 0.717) is 49.6 Å². The van der Waals surface area contributed by atoms with Crippen LogP contribution >= 0.6 is 0 Å². The molecule has 0 unspecified atom stereocenters. The van der Waals surface area contributed by atoms with Crippen LogP contribution in [0.1, 0.15) is 65.8 Å². The van der Waals surface area contributed by atoms with Gasteiger partial charge in [-0.05, 0) is 55.5 Å². The normalized spacial score (nSPS) is 20.0. The van der Waals surface area contributed by atoms with E-state index in [9.17, 15) is 24.0 Å². The third-order valence-corrected chi connectivity index (χ3v) is 7.92. The SMILES string of the molecule is CC(C)C[C@H]1NC(=O)[C@@H](C)NC(=O)c2cc(on2)CN(CCCOc2ccc(C(N)=O)cc2)CCNC(=O)[C@@H](Cc2ccccc2)NC1=O. The van der Waals surface area contributed by atoms with Gasteiger partial charge in [0.25, 0.3) is 5.91 Å². The van der Waals surface area contributed by atoms with Gasteiger partial charge in [0.15, 0.2) is 11.5 Å². The number of carbonyl (C=O) groups excluding carboxylic acids is 5. The summed E-state index contributed by atoms with van der Waals surface area (Å²) < 4.78 is 11.3. The van der Waals surface area contributed by atoms with E-state index in [0.717, 1.165) is 5.56 Å². The number of ether oxygens (including phenoxy) is 1. The number of nitrogens with two attached hydrogens (primary N) is 1. The smallest absolute Gasteiger partial charge is 0.274 e. The molecule has 0 fully saturated rings. The van der Waals surface area contributed by atoms with Crippen LogP contribution in [0.3, 0.4) is 0 Å². The maximum Gasteiger partial charge on any atom is 0.274 e. The minimum atomic E-state index is -0.985. The van der Waals surface area contributed by atoms with Crippen molar-refractivity contribution in [3.05, 3.63) is 83.2 Å². The molecule has 49 heavy (non-hydrogen) atoms. The number of carbonyl (C=O) groups is 5. The van der Waals surface area contributed by atoms with Crippen molar-refractivity contribution in [3.63, 3.8) is 0 Å². The predicted octanol–water partition coefficient (Wildman–Crippen LogP) is 1.55. The number of primary amides is 1. The molecule has 1 aliphatic heterocycles. The highest BCUT2D eigenvalue weighted by Gasteiger charge is 2.30. The van der Waals surface area contributed by atoms with Gasteiger partial charge in [-0.3, -0.25) is 28.9 Å². The van der Waals surface area contributed by atoms with E-state index in [2.05, 4.69) is 26.4 Å². The zero-order valence-electron chi connectivity index (χ0n) is 28.1. The van der Waals surface area contributed by atoms with Crippen LogP contribution in [0, 0.1) is 5.92 Å². The quantitative estimate of drug-likeness (QED) is 0.198. The fraction of sp³-hybridized carbons (Fsp3) is 0.429. The van der Waals surface area contributed by atoms with E-state index in [4.69, 9.17) is 15.0 Å². The Morgan fingerprint density at radius 3 is 2.39 bits per heavy atom. The summed E-state index contributed by atoms with van der Waals surface area (Å²) in [6, 6.07) is 14.6. The minimum Gasteiger partial charge on any atom is -0.494 e. The molecule has 5 amide bonds. The first-order valence-electron chi connectivity index (χ1n) is 16.4. The van der Waals surface area contributed by atoms with Crippen molar-refractivity contribution in [2.24, 2.45) is 11.7 Å². The number of amides is 5. The van der Waals surface area contributed by atoms with Gasteiger partial charge in [-0.1, -0.05) is 49.3 Å². The number of fused-ring (bicyclic) bond motifs is 2. The van der Waals surface area contributed by atoms with Crippen LogP contribution in [0.25, 0.3) is 0 Å². The molecule has 4 rings (SSSR count). The molecule has 0 saturated carbocycles. The van der Waals surface area contributed by atoms with Crippen molar-refractivity contribution < 1.29 is 33.2 Å². The molecule has 1 aliphatic rings. The zero-order valence-corrected chi connectivity index (χ0v) is 28.1. The Hall–Kier alpha value is -5.24. The fourth-order valence-corrected chi connectivity index (χ4v) is 5.31. The summed E-state index contributed by atoms with van der Waals surface area (Å²) >= 11 is 0. The average molecular weight is 676 g/mol. The largest absolute Gasteiger partial charge is 0.494 e. The maximum atomic E-state index is 13.6. The first kappa shape index (κ1) is 36.6. The van der Waals surface area contributed by atoms with Gasteiger partial charge in [-0.25, -0.2) is 0 Å². The number of nitrogens with zero attached hydrogens (tertiary/aromatic N) is 2. The molecular formula is C35H45N7O7. The van der Waals surface area contributed by atoms with E-state index < -0.39 is 41.8 Å². The van der Waals surface area contributed by atoms with Crippen molar-refractivity contribution in [2.75, 3.05) is 26.2 Å². The minimum absolute atomic E-state index is 0.00647. The van der Waals surface area contributed by atoms with Crippen molar-refractivity contribution in [2.45, 2.75) is 64.7 Å². The van der Waals surface area contributed by atoms with Crippen LogP contribution in [0.2, 0.25) is 0 Å². The second kappa shape index (κ2) is 17.8. The van der Waals surface area contributed by atoms with E-state index in [1.54, 1.807) is 24.3 Å². The maximum absolute atomic E-state index is 13.6. The summed E-state index contributed by atoms with van der Waals surface area (Å²) in [5.74, 6) is -1.47. The van der Waals surface area contributed by atoms with Crippen LogP contribution < -0.4 is 31.7 Å². The Kier molecular flexibility index (Phi) is 13.3.